The van der Waals surface area contributed by atoms with Gasteiger partial charge in [-0.2, -0.15) is 0 Å². The maximum atomic E-state index is 11.8. The van der Waals surface area contributed by atoms with Crippen LogP contribution in [0.15, 0.2) is 24.3 Å². The minimum Gasteiger partial charge on any atom is -0.423 e. The number of ether oxygens (including phenoxy) is 2. The third kappa shape index (κ3) is 7.81. The lowest BCUT2D eigenvalue weighted by Gasteiger charge is -2.09. The zero-order chi connectivity index (χ0) is 16.4. The molecule has 0 unspecified atom stereocenters. The molecule has 0 fully saturated rings. The molecule has 4 nitrogen and oxygen atoms in total. The summed E-state index contributed by atoms with van der Waals surface area (Å²) in [5.74, 6) is 0.586. The van der Waals surface area contributed by atoms with Crippen LogP contribution in [-0.4, -0.2) is 11.9 Å². The second-order valence-electron chi connectivity index (χ2n) is 5.86. The lowest BCUT2D eigenvalue weighted by Crippen LogP contribution is -2.10. The van der Waals surface area contributed by atoms with Crippen molar-refractivity contribution in [2.75, 3.05) is 0 Å². The highest BCUT2D eigenvalue weighted by Crippen LogP contribution is 2.27. The highest BCUT2D eigenvalue weighted by Gasteiger charge is 2.11. The Morgan fingerprint density at radius 2 is 1.55 bits per heavy atom. The van der Waals surface area contributed by atoms with Gasteiger partial charge in [-0.05, 0) is 24.5 Å². The van der Waals surface area contributed by atoms with Gasteiger partial charge in [-0.25, -0.2) is 0 Å². The molecule has 0 aliphatic heterocycles. The molecule has 1 rings (SSSR count). The molecular weight excluding hydrogens is 280 g/mol. The zero-order valence-corrected chi connectivity index (χ0v) is 13.8. The summed E-state index contributed by atoms with van der Waals surface area (Å²) in [6.45, 7) is 5.76. The Morgan fingerprint density at radius 3 is 2.14 bits per heavy atom. The summed E-state index contributed by atoms with van der Waals surface area (Å²) in [7, 11) is 0. The number of unbranched alkanes of at least 4 members (excludes halogenated alkanes) is 3. The Hall–Kier alpha value is -1.84. The van der Waals surface area contributed by atoms with Gasteiger partial charge in [0.25, 0.3) is 0 Å². The lowest BCUT2D eigenvalue weighted by atomic mass is 10.0. The van der Waals surface area contributed by atoms with Gasteiger partial charge in [0.05, 0.1) is 0 Å². The van der Waals surface area contributed by atoms with Crippen LogP contribution in [0.5, 0.6) is 11.5 Å². The molecule has 0 spiro atoms. The fraction of sp³-hybridized carbons (Fsp3) is 0.556. The van der Waals surface area contributed by atoms with Gasteiger partial charge in [-0.3, -0.25) is 9.59 Å². The van der Waals surface area contributed by atoms with Crippen molar-refractivity contribution in [3.8, 4) is 11.5 Å². The van der Waals surface area contributed by atoms with Crippen LogP contribution in [0.1, 0.15) is 59.3 Å². The summed E-state index contributed by atoms with van der Waals surface area (Å²) in [5, 5.41) is 0. The summed E-state index contributed by atoms with van der Waals surface area (Å²) in [6.07, 6.45) is 5.84. The predicted molar refractivity (Wildman–Crippen MR) is 85.9 cm³/mol. The average Bonchev–Trinajstić information content (AvgIpc) is 2.44. The molecule has 0 saturated heterocycles. The number of esters is 2. The van der Waals surface area contributed by atoms with E-state index in [-0.39, 0.29) is 11.7 Å². The molecule has 0 amide bonds. The van der Waals surface area contributed by atoms with Crippen molar-refractivity contribution in [1.82, 2.24) is 0 Å². The second kappa shape index (κ2) is 9.98. The first-order valence-electron chi connectivity index (χ1n) is 7.97. The topological polar surface area (TPSA) is 52.6 Å². The Balaban J connectivity index is 2.32. The SMILES string of the molecule is CC(=O)Oc1ccccc1OC(=O)CCCCCCC(C)C. The van der Waals surface area contributed by atoms with Crippen molar-refractivity contribution in [2.24, 2.45) is 5.92 Å². The van der Waals surface area contributed by atoms with Gasteiger partial charge < -0.3 is 9.47 Å². The van der Waals surface area contributed by atoms with Gasteiger partial charge in [0.2, 0.25) is 0 Å². The summed E-state index contributed by atoms with van der Waals surface area (Å²) in [6, 6.07) is 6.70. The molecule has 0 aliphatic carbocycles. The van der Waals surface area contributed by atoms with E-state index < -0.39 is 5.97 Å². The summed E-state index contributed by atoms with van der Waals surface area (Å²) >= 11 is 0. The summed E-state index contributed by atoms with van der Waals surface area (Å²) in [5.41, 5.74) is 0. The fourth-order valence-electron chi connectivity index (χ4n) is 2.12. The number of carbonyl (C=O) groups excluding carboxylic acids is 2. The van der Waals surface area contributed by atoms with Crippen molar-refractivity contribution in [3.63, 3.8) is 0 Å². The van der Waals surface area contributed by atoms with E-state index >= 15 is 0 Å². The minimum atomic E-state index is -0.436. The van der Waals surface area contributed by atoms with Gasteiger partial charge >= 0.3 is 11.9 Å². The normalized spacial score (nSPS) is 10.5. The third-order valence-electron chi connectivity index (χ3n) is 3.24. The molecule has 1 aromatic carbocycles. The predicted octanol–water partition coefficient (Wildman–Crippen LogP) is 4.51. The van der Waals surface area contributed by atoms with Crippen LogP contribution < -0.4 is 9.47 Å². The van der Waals surface area contributed by atoms with Crippen LogP contribution in [0.4, 0.5) is 0 Å². The summed E-state index contributed by atoms with van der Waals surface area (Å²) < 4.78 is 10.3. The highest BCUT2D eigenvalue weighted by atomic mass is 16.6. The Labute approximate surface area is 132 Å². The molecule has 1 aromatic rings. The number of para-hydroxylation sites is 2. The molecule has 22 heavy (non-hydrogen) atoms. The van der Waals surface area contributed by atoms with Crippen molar-refractivity contribution in [2.45, 2.75) is 59.3 Å². The van der Waals surface area contributed by atoms with Crippen LogP contribution in [0.2, 0.25) is 0 Å². The molecule has 0 atom stereocenters. The third-order valence-corrected chi connectivity index (χ3v) is 3.24. The van der Waals surface area contributed by atoms with E-state index in [4.69, 9.17) is 9.47 Å². The standard InChI is InChI=1S/C18H26O4/c1-14(2)10-6-4-5-7-13-18(20)22-17-12-9-8-11-16(17)21-15(3)19/h8-9,11-12,14H,4-7,10,13H2,1-3H3. The van der Waals surface area contributed by atoms with Crippen LogP contribution in [0.25, 0.3) is 0 Å². The van der Waals surface area contributed by atoms with Crippen LogP contribution in [0.3, 0.4) is 0 Å². The van der Waals surface area contributed by atoms with Gasteiger partial charge in [0.15, 0.2) is 11.5 Å². The van der Waals surface area contributed by atoms with Crippen LogP contribution in [-0.2, 0) is 9.59 Å². The van der Waals surface area contributed by atoms with E-state index in [0.29, 0.717) is 12.2 Å². The van der Waals surface area contributed by atoms with Crippen molar-refractivity contribution in [3.05, 3.63) is 24.3 Å². The van der Waals surface area contributed by atoms with Crippen molar-refractivity contribution < 1.29 is 19.1 Å². The molecule has 0 aromatic heterocycles. The van der Waals surface area contributed by atoms with Crippen LogP contribution >= 0.6 is 0 Å². The number of hydrogen-bond donors (Lipinski definition) is 0. The quantitative estimate of drug-likeness (QED) is 0.382. The fourth-order valence-corrected chi connectivity index (χ4v) is 2.12. The van der Waals surface area contributed by atoms with E-state index in [1.165, 1.54) is 19.8 Å². The van der Waals surface area contributed by atoms with Crippen molar-refractivity contribution >= 4 is 11.9 Å². The maximum Gasteiger partial charge on any atom is 0.311 e. The van der Waals surface area contributed by atoms with Crippen LogP contribution in [0, 0.1) is 5.92 Å². The number of hydrogen-bond acceptors (Lipinski definition) is 4. The summed E-state index contributed by atoms with van der Waals surface area (Å²) in [4.78, 5) is 22.8. The van der Waals surface area contributed by atoms with E-state index in [1.54, 1.807) is 24.3 Å². The minimum absolute atomic E-state index is 0.278. The number of rotatable bonds is 9. The van der Waals surface area contributed by atoms with Gasteiger partial charge in [0.1, 0.15) is 0 Å². The first-order chi connectivity index (χ1) is 10.5. The van der Waals surface area contributed by atoms with E-state index in [9.17, 15) is 9.59 Å². The average molecular weight is 306 g/mol. The molecule has 0 bridgehead atoms. The number of benzene rings is 1. The smallest absolute Gasteiger partial charge is 0.311 e. The molecule has 122 valence electrons. The maximum absolute atomic E-state index is 11.8. The molecule has 0 heterocycles. The van der Waals surface area contributed by atoms with Crippen molar-refractivity contribution in [1.29, 1.82) is 0 Å². The van der Waals surface area contributed by atoms with Gasteiger partial charge in [0, 0.05) is 13.3 Å². The molecule has 0 saturated carbocycles. The first kappa shape index (κ1) is 18.2. The second-order valence-corrected chi connectivity index (χ2v) is 5.86. The molecular formula is C18H26O4. The largest absolute Gasteiger partial charge is 0.423 e. The first-order valence-corrected chi connectivity index (χ1v) is 7.97. The lowest BCUT2D eigenvalue weighted by molar-refractivity contribution is -0.136. The number of carbonyl (C=O) groups is 2. The Morgan fingerprint density at radius 1 is 0.955 bits per heavy atom. The van der Waals surface area contributed by atoms with E-state index in [1.807, 2.05) is 0 Å². The highest BCUT2D eigenvalue weighted by molar-refractivity contribution is 5.75. The van der Waals surface area contributed by atoms with Gasteiger partial charge in [-0.15, -0.1) is 0 Å². The molecule has 0 aliphatic rings. The van der Waals surface area contributed by atoms with E-state index in [2.05, 4.69) is 13.8 Å². The Kier molecular flexibility index (Phi) is 8.26. The monoisotopic (exact) mass is 306 g/mol. The molecule has 0 radical (unpaired) electrons. The van der Waals surface area contributed by atoms with E-state index in [0.717, 1.165) is 25.2 Å². The molecule has 0 N–H and O–H groups in total. The van der Waals surface area contributed by atoms with Gasteiger partial charge in [-0.1, -0.05) is 51.7 Å². The molecule has 4 heteroatoms. The Bertz CT molecular complexity index is 480. The zero-order valence-electron chi connectivity index (χ0n) is 13.8.